The van der Waals surface area contributed by atoms with Crippen LogP contribution in [0, 0.1) is 0 Å². The Kier molecular flexibility index (Phi) is 7.63. The molecule has 1 aromatic heterocycles. The molecule has 1 atom stereocenters. The molecule has 37 heavy (non-hydrogen) atoms. The van der Waals surface area contributed by atoms with E-state index in [9.17, 15) is 18.3 Å². The molecule has 4 rings (SSSR count). The van der Waals surface area contributed by atoms with E-state index < -0.39 is 22.1 Å². The molecule has 0 fully saturated rings. The number of carbonyl (C=O) groups is 1. The largest absolute Gasteiger partial charge is 0.478 e. The molecule has 0 aliphatic rings. The van der Waals surface area contributed by atoms with Crippen LogP contribution in [0.25, 0.3) is 11.0 Å². The molecule has 0 aliphatic carbocycles. The first kappa shape index (κ1) is 26.3. The fourth-order valence-electron chi connectivity index (χ4n) is 3.95. The van der Waals surface area contributed by atoms with Crippen LogP contribution in [-0.2, 0) is 16.4 Å². The lowest BCUT2D eigenvalue weighted by Gasteiger charge is -2.28. The van der Waals surface area contributed by atoms with E-state index in [0.717, 1.165) is 5.82 Å². The van der Waals surface area contributed by atoms with Crippen LogP contribution in [0.2, 0.25) is 0 Å². The summed E-state index contributed by atoms with van der Waals surface area (Å²) in [6.07, 6.45) is 0.493. The molecule has 0 spiro atoms. The Bertz CT molecular complexity index is 1500. The van der Waals surface area contributed by atoms with Crippen molar-refractivity contribution in [2.24, 2.45) is 0 Å². The van der Waals surface area contributed by atoms with Crippen molar-refractivity contribution in [1.82, 2.24) is 15.3 Å². The lowest BCUT2D eigenvalue weighted by atomic mass is 9.97. The van der Waals surface area contributed by atoms with Gasteiger partial charge in [0.25, 0.3) is 10.0 Å². The third kappa shape index (κ3) is 6.73. The number of nitrogens with zero attached hydrogens (tertiary/aromatic N) is 1. The number of aliphatic hydroxyl groups excluding tert-OH is 1. The van der Waals surface area contributed by atoms with Crippen LogP contribution >= 0.6 is 0 Å². The van der Waals surface area contributed by atoms with E-state index in [1.807, 2.05) is 13.8 Å². The molecule has 10 heteroatoms. The second-order valence-corrected chi connectivity index (χ2v) is 11.2. The minimum Gasteiger partial charge on any atom is -0.478 e. The molecule has 194 valence electrons. The van der Waals surface area contributed by atoms with Gasteiger partial charge in [-0.3, -0.25) is 4.72 Å². The number of aliphatic hydroxyl groups is 1. The topological polar surface area (TPSA) is 144 Å². The number of imidazole rings is 1. The van der Waals surface area contributed by atoms with Crippen LogP contribution in [0.4, 0.5) is 5.69 Å². The Labute approximate surface area is 215 Å². The summed E-state index contributed by atoms with van der Waals surface area (Å²) in [4.78, 5) is 19.1. The molecule has 0 amide bonds. The van der Waals surface area contributed by atoms with Gasteiger partial charge in [0, 0.05) is 24.2 Å². The number of aromatic nitrogens is 2. The summed E-state index contributed by atoms with van der Waals surface area (Å²) in [7, 11) is -3.73. The zero-order valence-corrected chi connectivity index (χ0v) is 21.4. The third-order valence-corrected chi connectivity index (χ3v) is 7.51. The first-order valence-electron chi connectivity index (χ1n) is 11.9. The maximum Gasteiger partial charge on any atom is 0.335 e. The second kappa shape index (κ2) is 10.7. The lowest BCUT2D eigenvalue weighted by molar-refractivity contribution is 0.0697. The van der Waals surface area contributed by atoms with Crippen LogP contribution in [0.15, 0.2) is 77.7 Å². The molecule has 0 saturated heterocycles. The zero-order valence-electron chi connectivity index (χ0n) is 20.6. The highest BCUT2D eigenvalue weighted by molar-refractivity contribution is 7.92. The van der Waals surface area contributed by atoms with E-state index in [1.54, 1.807) is 54.6 Å². The second-order valence-electron chi connectivity index (χ2n) is 9.55. The van der Waals surface area contributed by atoms with Crippen molar-refractivity contribution in [2.45, 2.75) is 43.2 Å². The molecule has 9 nitrogen and oxygen atoms in total. The molecule has 0 radical (unpaired) electrons. The molecule has 0 bridgehead atoms. The number of nitrogens with one attached hydrogen (secondary N) is 3. The third-order valence-electron chi connectivity index (χ3n) is 6.12. The smallest absolute Gasteiger partial charge is 0.335 e. The van der Waals surface area contributed by atoms with Gasteiger partial charge in [0.1, 0.15) is 5.82 Å². The first-order valence-corrected chi connectivity index (χ1v) is 13.3. The molecule has 0 saturated carbocycles. The molecule has 1 unspecified atom stereocenters. The number of rotatable bonds is 11. The van der Waals surface area contributed by atoms with Gasteiger partial charge in [0.2, 0.25) is 0 Å². The van der Waals surface area contributed by atoms with Gasteiger partial charge in [0.05, 0.1) is 27.6 Å². The van der Waals surface area contributed by atoms with Gasteiger partial charge in [-0.1, -0.05) is 30.3 Å². The van der Waals surface area contributed by atoms with Gasteiger partial charge in [-0.25, -0.2) is 18.2 Å². The molecular formula is C27H30N4O5S. The van der Waals surface area contributed by atoms with Gasteiger partial charge < -0.3 is 20.5 Å². The molecule has 0 aliphatic heterocycles. The quantitative estimate of drug-likeness (QED) is 0.199. The number of hydrogen-bond acceptors (Lipinski definition) is 6. The number of carboxylic acids is 1. The van der Waals surface area contributed by atoms with Crippen molar-refractivity contribution < 1.29 is 23.4 Å². The summed E-state index contributed by atoms with van der Waals surface area (Å²) in [6.45, 7) is 4.31. The van der Waals surface area contributed by atoms with Gasteiger partial charge in [-0.2, -0.15) is 0 Å². The van der Waals surface area contributed by atoms with E-state index >= 15 is 0 Å². The number of aromatic carboxylic acids is 1. The van der Waals surface area contributed by atoms with Crippen LogP contribution in [-0.4, -0.2) is 46.7 Å². The number of anilines is 1. The molecule has 1 heterocycles. The van der Waals surface area contributed by atoms with Crippen LogP contribution in [0.3, 0.4) is 0 Å². The monoisotopic (exact) mass is 522 g/mol. The fraction of sp³-hybridized carbons (Fsp3) is 0.259. The Balaban J connectivity index is 1.34. The highest BCUT2D eigenvalue weighted by atomic mass is 32.2. The summed E-state index contributed by atoms with van der Waals surface area (Å²) >= 11 is 0. The van der Waals surface area contributed by atoms with Crippen LogP contribution in [0.5, 0.6) is 0 Å². The zero-order chi connectivity index (χ0) is 26.6. The number of fused-ring (bicyclic) bond motifs is 1. The number of sulfonamides is 1. The Morgan fingerprint density at radius 3 is 2.54 bits per heavy atom. The van der Waals surface area contributed by atoms with E-state index in [-0.39, 0.29) is 22.5 Å². The normalized spacial score (nSPS) is 12.9. The number of aryl methyl sites for hydroxylation is 1. The van der Waals surface area contributed by atoms with Crippen molar-refractivity contribution in [2.75, 3.05) is 11.3 Å². The summed E-state index contributed by atoms with van der Waals surface area (Å²) in [5, 5.41) is 23.3. The molecule has 5 N–H and O–H groups in total. The first-order chi connectivity index (χ1) is 17.5. The number of β-amino-alcohol motifs (C(OH)–C–C–N with tert-alkyl or cyclic N) is 1. The maximum atomic E-state index is 12.6. The highest BCUT2D eigenvalue weighted by Crippen LogP contribution is 2.22. The van der Waals surface area contributed by atoms with E-state index in [1.165, 1.54) is 18.2 Å². The number of carboxylic acid groups (broad SMARTS) is 1. The van der Waals surface area contributed by atoms with E-state index in [2.05, 4.69) is 20.0 Å². The summed E-state index contributed by atoms with van der Waals surface area (Å²) in [5.41, 5.74) is 2.22. The lowest BCUT2D eigenvalue weighted by Crippen LogP contribution is -2.42. The van der Waals surface area contributed by atoms with Gasteiger partial charge in [0.15, 0.2) is 0 Å². The molecule has 4 aromatic rings. The Morgan fingerprint density at radius 1 is 1.05 bits per heavy atom. The molecular weight excluding hydrogens is 492 g/mol. The average molecular weight is 523 g/mol. The predicted octanol–water partition coefficient (Wildman–Crippen LogP) is 4.10. The minimum atomic E-state index is -3.73. The van der Waals surface area contributed by atoms with E-state index in [4.69, 9.17) is 5.11 Å². The average Bonchev–Trinajstić information content (AvgIpc) is 3.29. The Morgan fingerprint density at radius 2 is 1.81 bits per heavy atom. The SMILES string of the molecule is CC(C)(CCc1nc2ccc(C(=O)O)cc2[nH]1)NCC(O)c1cccc(NS(=O)(=O)c2ccccc2)c1. The van der Waals surface area contributed by atoms with E-state index in [0.29, 0.717) is 35.1 Å². The van der Waals surface area contributed by atoms with Crippen LogP contribution < -0.4 is 10.0 Å². The number of H-pyrrole nitrogens is 1. The fourth-order valence-corrected chi connectivity index (χ4v) is 5.02. The van der Waals surface area contributed by atoms with Crippen molar-refractivity contribution in [3.05, 3.63) is 89.7 Å². The summed E-state index contributed by atoms with van der Waals surface area (Å²) < 4.78 is 27.8. The Hall–Kier alpha value is -3.73. The van der Waals surface area contributed by atoms with Crippen molar-refractivity contribution in [3.63, 3.8) is 0 Å². The summed E-state index contributed by atoms with van der Waals surface area (Å²) in [6, 6.07) is 19.6. The number of aromatic amines is 1. The van der Waals surface area contributed by atoms with Crippen molar-refractivity contribution in [1.29, 1.82) is 0 Å². The highest BCUT2D eigenvalue weighted by Gasteiger charge is 2.21. The molecule has 3 aromatic carbocycles. The predicted molar refractivity (Wildman–Crippen MR) is 142 cm³/mol. The van der Waals surface area contributed by atoms with Crippen LogP contribution in [0.1, 0.15) is 48.1 Å². The number of hydrogen-bond donors (Lipinski definition) is 5. The standard InChI is InChI=1S/C27H30N4O5S/c1-27(2,14-13-25-29-22-12-11-19(26(33)34)16-23(22)30-25)28-17-24(32)18-7-6-8-20(15-18)31-37(35,36)21-9-4-3-5-10-21/h3-12,15-16,24,28,31-32H,13-14,17H2,1-2H3,(H,29,30)(H,33,34). The van der Waals surface area contributed by atoms with Gasteiger partial charge >= 0.3 is 5.97 Å². The minimum absolute atomic E-state index is 0.163. The maximum absolute atomic E-state index is 12.6. The van der Waals surface area contributed by atoms with Gasteiger partial charge in [-0.05, 0) is 68.3 Å². The van der Waals surface area contributed by atoms with Crippen molar-refractivity contribution >= 4 is 32.7 Å². The summed E-state index contributed by atoms with van der Waals surface area (Å²) in [5.74, 6) is -0.229. The van der Waals surface area contributed by atoms with Crippen molar-refractivity contribution in [3.8, 4) is 0 Å². The number of benzene rings is 3. The van der Waals surface area contributed by atoms with Gasteiger partial charge in [-0.15, -0.1) is 0 Å².